The van der Waals surface area contributed by atoms with E-state index in [1.807, 2.05) is 47.8 Å². The Hall–Kier alpha value is -2.99. The minimum Gasteiger partial charge on any atom is -0.372 e. The van der Waals surface area contributed by atoms with Crippen LogP contribution in [0.25, 0.3) is 10.1 Å². The van der Waals surface area contributed by atoms with Crippen molar-refractivity contribution >= 4 is 45.0 Å². The zero-order chi connectivity index (χ0) is 20.6. The number of hydrazone groups is 1. The molecule has 3 rings (SSSR count). The van der Waals surface area contributed by atoms with Gasteiger partial charge in [0.15, 0.2) is 5.78 Å². The van der Waals surface area contributed by atoms with Crippen molar-refractivity contribution in [3.63, 3.8) is 0 Å². The van der Waals surface area contributed by atoms with Crippen LogP contribution in [0.4, 0.5) is 5.69 Å². The first-order valence-electron chi connectivity index (χ1n) is 9.78. The molecule has 3 aromatic rings. The summed E-state index contributed by atoms with van der Waals surface area (Å²) in [5.74, 6) is -0.312. The number of hydrogen-bond acceptors (Lipinski definition) is 5. The highest BCUT2D eigenvalue weighted by Crippen LogP contribution is 2.24. The molecule has 0 atom stereocenters. The summed E-state index contributed by atoms with van der Waals surface area (Å²) in [6.07, 6.45) is 1.91. The van der Waals surface area contributed by atoms with Crippen molar-refractivity contribution in [2.24, 2.45) is 5.10 Å². The van der Waals surface area contributed by atoms with Crippen molar-refractivity contribution in [3.8, 4) is 0 Å². The number of ketones is 1. The normalized spacial score (nSPS) is 11.1. The molecule has 0 unspecified atom stereocenters. The van der Waals surface area contributed by atoms with Gasteiger partial charge in [-0.1, -0.05) is 18.2 Å². The summed E-state index contributed by atoms with van der Waals surface area (Å²) in [7, 11) is 0. The van der Waals surface area contributed by atoms with Gasteiger partial charge in [0, 0.05) is 58.2 Å². The lowest BCUT2D eigenvalue weighted by Gasteiger charge is -2.20. The van der Waals surface area contributed by atoms with E-state index in [2.05, 4.69) is 35.3 Å². The van der Waals surface area contributed by atoms with Gasteiger partial charge in [-0.05, 0) is 44.2 Å². The van der Waals surface area contributed by atoms with E-state index in [0.29, 0.717) is 5.56 Å². The molecule has 1 amide bonds. The predicted octanol–water partition coefficient (Wildman–Crippen LogP) is 4.86. The van der Waals surface area contributed by atoms with Crippen LogP contribution in [-0.2, 0) is 4.79 Å². The van der Waals surface area contributed by atoms with Crippen molar-refractivity contribution < 1.29 is 9.59 Å². The number of carbonyl (C=O) groups excluding carboxylic acids is 2. The third kappa shape index (κ3) is 5.29. The number of fused-ring (bicyclic) bond motifs is 1. The van der Waals surface area contributed by atoms with E-state index in [-0.39, 0.29) is 24.5 Å². The molecule has 1 N–H and O–H groups in total. The summed E-state index contributed by atoms with van der Waals surface area (Å²) < 4.78 is 1.18. The Morgan fingerprint density at radius 2 is 1.76 bits per heavy atom. The number of thiophene rings is 1. The van der Waals surface area contributed by atoms with Crippen molar-refractivity contribution in [1.29, 1.82) is 0 Å². The molecule has 0 radical (unpaired) electrons. The Labute approximate surface area is 175 Å². The van der Waals surface area contributed by atoms with E-state index in [9.17, 15) is 9.59 Å². The summed E-state index contributed by atoms with van der Waals surface area (Å²) in [6.45, 7) is 6.05. The van der Waals surface area contributed by atoms with Crippen LogP contribution in [0.5, 0.6) is 0 Å². The number of nitrogens with zero attached hydrogens (tertiary/aromatic N) is 2. The Morgan fingerprint density at radius 3 is 2.48 bits per heavy atom. The van der Waals surface area contributed by atoms with Gasteiger partial charge < -0.3 is 4.90 Å². The predicted molar refractivity (Wildman–Crippen MR) is 121 cm³/mol. The van der Waals surface area contributed by atoms with Gasteiger partial charge in [-0.3, -0.25) is 9.59 Å². The molecule has 6 heteroatoms. The third-order valence-electron chi connectivity index (χ3n) is 4.80. The molecule has 2 aromatic carbocycles. The fourth-order valence-electron chi connectivity index (χ4n) is 3.15. The maximum atomic E-state index is 12.3. The lowest BCUT2D eigenvalue weighted by atomic mass is 10.1. The first-order chi connectivity index (χ1) is 14.1. The van der Waals surface area contributed by atoms with E-state index < -0.39 is 0 Å². The van der Waals surface area contributed by atoms with Gasteiger partial charge in [-0.25, -0.2) is 5.43 Å². The van der Waals surface area contributed by atoms with Gasteiger partial charge in [0.05, 0.1) is 6.21 Å². The van der Waals surface area contributed by atoms with Crippen LogP contribution in [0.2, 0.25) is 0 Å². The molecule has 0 saturated carbocycles. The summed E-state index contributed by atoms with van der Waals surface area (Å²) in [4.78, 5) is 26.6. The van der Waals surface area contributed by atoms with Crippen LogP contribution >= 0.6 is 11.3 Å². The summed E-state index contributed by atoms with van der Waals surface area (Å²) in [5, 5.41) is 7.15. The molecule has 1 aromatic heterocycles. The zero-order valence-electron chi connectivity index (χ0n) is 16.7. The molecule has 0 aliphatic heterocycles. The van der Waals surface area contributed by atoms with Gasteiger partial charge >= 0.3 is 0 Å². The Kier molecular flexibility index (Phi) is 7.14. The number of benzene rings is 2. The third-order valence-corrected chi connectivity index (χ3v) is 5.78. The molecule has 0 aliphatic carbocycles. The Balaban J connectivity index is 1.49. The molecule has 0 bridgehead atoms. The van der Waals surface area contributed by atoms with Gasteiger partial charge in [0.25, 0.3) is 0 Å². The molecular weight excluding hydrogens is 382 g/mol. The summed E-state index contributed by atoms with van der Waals surface area (Å²) >= 11 is 1.64. The summed E-state index contributed by atoms with van der Waals surface area (Å²) in [6, 6.07) is 15.6. The van der Waals surface area contributed by atoms with Crippen LogP contribution < -0.4 is 10.3 Å². The van der Waals surface area contributed by atoms with Crippen molar-refractivity contribution in [2.75, 3.05) is 18.0 Å². The SMILES string of the molecule is CCN(CC)c1ccc(C(=O)CCC(=O)N/N=C/c2csc3ccccc23)cc1. The maximum absolute atomic E-state index is 12.3. The largest absolute Gasteiger partial charge is 0.372 e. The van der Waals surface area contributed by atoms with Crippen molar-refractivity contribution in [3.05, 3.63) is 65.0 Å². The number of rotatable bonds is 9. The van der Waals surface area contributed by atoms with Gasteiger partial charge in [-0.2, -0.15) is 5.10 Å². The average molecular weight is 408 g/mol. The number of amides is 1. The minimum atomic E-state index is -0.270. The standard InChI is InChI=1S/C23H25N3O2S/c1-3-26(4-2)19-11-9-17(10-12-19)21(27)13-14-23(28)25-24-15-18-16-29-22-8-6-5-7-20(18)22/h5-12,15-16H,3-4,13-14H2,1-2H3,(H,25,28)/b24-15+. The molecule has 0 saturated heterocycles. The average Bonchev–Trinajstić information content (AvgIpc) is 3.16. The molecule has 0 fully saturated rings. The number of carbonyl (C=O) groups is 2. The second-order valence-electron chi connectivity index (χ2n) is 6.62. The van der Waals surface area contributed by atoms with Gasteiger partial charge in [-0.15, -0.1) is 11.3 Å². The smallest absolute Gasteiger partial charge is 0.240 e. The number of nitrogens with one attached hydrogen (secondary N) is 1. The number of Topliss-reactive ketones (excluding diaryl/α,β-unsaturated/α-hetero) is 1. The lowest BCUT2D eigenvalue weighted by molar-refractivity contribution is -0.121. The first kappa shape index (κ1) is 20.7. The van der Waals surface area contributed by atoms with Crippen LogP contribution in [0.3, 0.4) is 0 Å². The van der Waals surface area contributed by atoms with Crippen LogP contribution in [0.1, 0.15) is 42.6 Å². The minimum absolute atomic E-state index is 0.0425. The Morgan fingerprint density at radius 1 is 1.03 bits per heavy atom. The number of hydrogen-bond donors (Lipinski definition) is 1. The molecular formula is C23H25N3O2S. The molecule has 150 valence electrons. The lowest BCUT2D eigenvalue weighted by Crippen LogP contribution is -2.21. The van der Waals surface area contributed by atoms with E-state index in [1.165, 1.54) is 4.70 Å². The Bertz CT molecular complexity index is 1000. The highest BCUT2D eigenvalue weighted by atomic mass is 32.1. The van der Waals surface area contributed by atoms with Crippen molar-refractivity contribution in [2.45, 2.75) is 26.7 Å². The maximum Gasteiger partial charge on any atom is 0.240 e. The molecule has 5 nitrogen and oxygen atoms in total. The van der Waals surface area contributed by atoms with Crippen LogP contribution in [0.15, 0.2) is 59.0 Å². The molecule has 1 heterocycles. The van der Waals surface area contributed by atoms with E-state index >= 15 is 0 Å². The van der Waals surface area contributed by atoms with E-state index in [1.54, 1.807) is 17.6 Å². The number of anilines is 1. The highest BCUT2D eigenvalue weighted by Gasteiger charge is 2.10. The van der Waals surface area contributed by atoms with Crippen LogP contribution in [0, 0.1) is 0 Å². The topological polar surface area (TPSA) is 61.8 Å². The first-order valence-corrected chi connectivity index (χ1v) is 10.7. The van der Waals surface area contributed by atoms with Crippen LogP contribution in [-0.4, -0.2) is 31.0 Å². The van der Waals surface area contributed by atoms with Gasteiger partial charge in [0.1, 0.15) is 0 Å². The second kappa shape index (κ2) is 9.98. The fourth-order valence-corrected chi connectivity index (χ4v) is 4.06. The van der Waals surface area contributed by atoms with Gasteiger partial charge in [0.2, 0.25) is 5.91 Å². The van der Waals surface area contributed by atoms with Crippen molar-refractivity contribution in [1.82, 2.24) is 5.43 Å². The summed E-state index contributed by atoms with van der Waals surface area (Å²) in [5.41, 5.74) is 5.20. The van der Waals surface area contributed by atoms with E-state index in [4.69, 9.17) is 0 Å². The zero-order valence-corrected chi connectivity index (χ0v) is 17.5. The molecule has 0 spiro atoms. The molecule has 0 aliphatic rings. The quantitative estimate of drug-likeness (QED) is 0.313. The highest BCUT2D eigenvalue weighted by molar-refractivity contribution is 7.17. The monoisotopic (exact) mass is 407 g/mol. The van der Waals surface area contributed by atoms with E-state index in [0.717, 1.165) is 29.7 Å². The fraction of sp³-hybridized carbons (Fsp3) is 0.261. The molecule has 29 heavy (non-hydrogen) atoms. The second-order valence-corrected chi connectivity index (χ2v) is 7.53.